The molecule has 0 saturated carbocycles. The summed E-state index contributed by atoms with van der Waals surface area (Å²) in [6.45, 7) is 8.58. The molecule has 0 aliphatic rings. The van der Waals surface area contributed by atoms with Gasteiger partial charge in [-0.1, -0.05) is 124 Å². The van der Waals surface area contributed by atoms with Crippen LogP contribution in [0.25, 0.3) is 0 Å². The van der Waals surface area contributed by atoms with E-state index in [-0.39, 0.29) is 0 Å². The van der Waals surface area contributed by atoms with E-state index in [0.717, 1.165) is 31.5 Å². The van der Waals surface area contributed by atoms with E-state index >= 15 is 0 Å². The van der Waals surface area contributed by atoms with Crippen molar-refractivity contribution >= 4 is 0 Å². The molecule has 1 rings (SSSR count). The largest absolute Gasteiger partial charge is 0.238 e. The summed E-state index contributed by atoms with van der Waals surface area (Å²) in [6, 6.07) is 2.29. The zero-order chi connectivity index (χ0) is 22.4. The summed E-state index contributed by atoms with van der Waals surface area (Å²) in [5, 5.41) is 0. The van der Waals surface area contributed by atoms with Crippen LogP contribution in [-0.4, -0.2) is 9.97 Å². The highest BCUT2D eigenvalue weighted by Crippen LogP contribution is 2.15. The van der Waals surface area contributed by atoms with Crippen molar-refractivity contribution in [3.05, 3.63) is 30.2 Å². The Balaban J connectivity index is 2.24. The number of unbranched alkanes of at least 4 members (excludes halogenated alkanes) is 16. The Morgan fingerprint density at radius 1 is 0.516 bits per heavy atom. The van der Waals surface area contributed by atoms with Crippen LogP contribution in [0.1, 0.15) is 153 Å². The minimum atomic E-state index is 0.888. The van der Waals surface area contributed by atoms with Gasteiger partial charge in [-0.25, -0.2) is 9.97 Å². The number of nitrogens with zero attached hydrogens (tertiary/aromatic N) is 2. The molecular weight excluding hydrogens is 376 g/mol. The summed E-state index contributed by atoms with van der Waals surface area (Å²) in [4.78, 5) is 9.67. The Labute approximate surface area is 195 Å². The van der Waals surface area contributed by atoms with Gasteiger partial charge in [0.25, 0.3) is 0 Å². The lowest BCUT2D eigenvalue weighted by Crippen LogP contribution is -2.04. The Hall–Kier alpha value is -0.920. The third kappa shape index (κ3) is 16.4. The lowest BCUT2D eigenvalue weighted by atomic mass is 10.0. The maximum Gasteiger partial charge on any atom is 0.128 e. The Kier molecular flexibility index (Phi) is 19.0. The second kappa shape index (κ2) is 21.0. The molecule has 0 aromatic carbocycles. The molecule has 0 fully saturated rings. The molecule has 1 aromatic rings. The number of aryl methyl sites for hydroxylation is 3. The van der Waals surface area contributed by atoms with Gasteiger partial charge in [-0.15, -0.1) is 0 Å². The zero-order valence-corrected chi connectivity index (χ0v) is 21.2. The molecular formula is C29H53N2. The van der Waals surface area contributed by atoms with Gasteiger partial charge in [0.1, 0.15) is 5.82 Å². The van der Waals surface area contributed by atoms with Gasteiger partial charge < -0.3 is 0 Å². The molecule has 1 heterocycles. The molecule has 0 N–H and O–H groups in total. The summed E-state index contributed by atoms with van der Waals surface area (Å²) in [5.41, 5.74) is 2.54. The third-order valence-electron chi connectivity index (χ3n) is 6.35. The van der Waals surface area contributed by atoms with Gasteiger partial charge in [0.15, 0.2) is 0 Å². The molecule has 0 spiro atoms. The van der Waals surface area contributed by atoms with E-state index in [1.54, 1.807) is 0 Å². The first-order valence-corrected chi connectivity index (χ1v) is 13.9. The van der Waals surface area contributed by atoms with Crippen molar-refractivity contribution in [1.29, 1.82) is 0 Å². The maximum absolute atomic E-state index is 4.83. The highest BCUT2D eigenvalue weighted by molar-refractivity contribution is 5.12. The van der Waals surface area contributed by atoms with Gasteiger partial charge in [0.2, 0.25) is 0 Å². The van der Waals surface area contributed by atoms with E-state index < -0.39 is 0 Å². The van der Waals surface area contributed by atoms with Crippen molar-refractivity contribution < 1.29 is 0 Å². The molecule has 179 valence electrons. The van der Waals surface area contributed by atoms with E-state index in [9.17, 15) is 0 Å². The van der Waals surface area contributed by atoms with E-state index in [4.69, 9.17) is 9.97 Å². The summed E-state index contributed by atoms with van der Waals surface area (Å²) in [7, 11) is 0. The number of hydrogen-bond acceptors (Lipinski definition) is 2. The SMILES string of the molecule is [CH2]CCc1nc(CCCCCCCCCCC)cc(CCCCCCCCCCC)n1. The van der Waals surface area contributed by atoms with Crippen molar-refractivity contribution in [3.8, 4) is 0 Å². The second-order valence-electron chi connectivity index (χ2n) is 9.53. The van der Waals surface area contributed by atoms with Gasteiger partial charge in [-0.05, 0) is 38.2 Å². The Bertz CT molecular complexity index is 471. The average molecular weight is 430 g/mol. The smallest absolute Gasteiger partial charge is 0.128 e. The van der Waals surface area contributed by atoms with Crippen LogP contribution in [0.15, 0.2) is 6.07 Å². The van der Waals surface area contributed by atoms with Crippen LogP contribution in [0, 0.1) is 6.92 Å². The fraction of sp³-hybridized carbons (Fsp3) is 0.828. The van der Waals surface area contributed by atoms with E-state index in [0.29, 0.717) is 0 Å². The normalized spacial score (nSPS) is 11.3. The van der Waals surface area contributed by atoms with Gasteiger partial charge >= 0.3 is 0 Å². The predicted molar refractivity (Wildman–Crippen MR) is 138 cm³/mol. The van der Waals surface area contributed by atoms with E-state index in [1.807, 2.05) is 0 Å². The highest BCUT2D eigenvalue weighted by Gasteiger charge is 2.05. The zero-order valence-electron chi connectivity index (χ0n) is 21.2. The Morgan fingerprint density at radius 3 is 1.23 bits per heavy atom. The molecule has 0 atom stereocenters. The summed E-state index contributed by atoms with van der Waals surface area (Å²) in [5.74, 6) is 1.02. The first kappa shape index (κ1) is 28.1. The summed E-state index contributed by atoms with van der Waals surface area (Å²) < 4.78 is 0. The lowest BCUT2D eigenvalue weighted by Gasteiger charge is -2.08. The van der Waals surface area contributed by atoms with Crippen molar-refractivity contribution in [1.82, 2.24) is 9.97 Å². The first-order valence-electron chi connectivity index (χ1n) is 13.9. The average Bonchev–Trinajstić information content (AvgIpc) is 2.77. The van der Waals surface area contributed by atoms with Crippen LogP contribution < -0.4 is 0 Å². The van der Waals surface area contributed by atoms with Gasteiger partial charge in [-0.3, -0.25) is 0 Å². The third-order valence-corrected chi connectivity index (χ3v) is 6.35. The lowest BCUT2D eigenvalue weighted by molar-refractivity contribution is 0.560. The number of aromatic nitrogens is 2. The molecule has 1 radical (unpaired) electrons. The van der Waals surface area contributed by atoms with Crippen LogP contribution in [0.2, 0.25) is 0 Å². The second-order valence-corrected chi connectivity index (χ2v) is 9.53. The molecule has 0 saturated heterocycles. The summed E-state index contributed by atoms with van der Waals surface area (Å²) >= 11 is 0. The van der Waals surface area contributed by atoms with Gasteiger partial charge in [-0.2, -0.15) is 0 Å². The van der Waals surface area contributed by atoms with Crippen molar-refractivity contribution in [2.75, 3.05) is 0 Å². The van der Waals surface area contributed by atoms with E-state index in [1.165, 1.54) is 127 Å². The van der Waals surface area contributed by atoms with Gasteiger partial charge in [0, 0.05) is 17.8 Å². The Morgan fingerprint density at radius 2 is 0.871 bits per heavy atom. The quantitative estimate of drug-likeness (QED) is 0.171. The maximum atomic E-state index is 4.83. The van der Waals surface area contributed by atoms with Crippen LogP contribution in [0.5, 0.6) is 0 Å². The molecule has 0 aliphatic heterocycles. The molecule has 31 heavy (non-hydrogen) atoms. The van der Waals surface area contributed by atoms with Crippen LogP contribution in [-0.2, 0) is 19.3 Å². The summed E-state index contributed by atoms with van der Waals surface area (Å²) in [6.07, 6.45) is 28.9. The molecule has 0 aliphatic carbocycles. The molecule has 0 amide bonds. The van der Waals surface area contributed by atoms with Crippen LogP contribution in [0.3, 0.4) is 0 Å². The highest BCUT2D eigenvalue weighted by atomic mass is 14.9. The molecule has 2 heteroatoms. The fourth-order valence-electron chi connectivity index (χ4n) is 4.37. The molecule has 1 aromatic heterocycles. The van der Waals surface area contributed by atoms with Crippen LogP contribution in [0.4, 0.5) is 0 Å². The van der Waals surface area contributed by atoms with Crippen molar-refractivity contribution in [2.24, 2.45) is 0 Å². The number of hydrogen-bond donors (Lipinski definition) is 0. The molecule has 0 bridgehead atoms. The molecule has 0 unspecified atom stereocenters. The fourth-order valence-corrected chi connectivity index (χ4v) is 4.37. The monoisotopic (exact) mass is 429 g/mol. The number of rotatable bonds is 22. The topological polar surface area (TPSA) is 25.8 Å². The molecule has 2 nitrogen and oxygen atoms in total. The van der Waals surface area contributed by atoms with E-state index in [2.05, 4.69) is 26.8 Å². The van der Waals surface area contributed by atoms with Gasteiger partial charge in [0.05, 0.1) is 0 Å². The standard InChI is InChI=1S/C29H53N2/c1-4-7-9-11-13-15-17-19-21-24-27-26-28(31-29(30-27)23-6-3)25-22-20-18-16-14-12-10-8-5-2/h26H,3-25H2,1-2H3. The predicted octanol–water partition coefficient (Wildman–Crippen LogP) is 9.39. The van der Waals surface area contributed by atoms with Crippen LogP contribution >= 0.6 is 0 Å². The minimum Gasteiger partial charge on any atom is -0.238 e. The van der Waals surface area contributed by atoms with Crippen molar-refractivity contribution in [2.45, 2.75) is 155 Å². The first-order chi connectivity index (χ1) is 15.3. The van der Waals surface area contributed by atoms with Crippen molar-refractivity contribution in [3.63, 3.8) is 0 Å². The minimum absolute atomic E-state index is 0.888.